The third-order valence-electron chi connectivity index (χ3n) is 3.47. The average Bonchev–Trinajstić information content (AvgIpc) is 2.43. The van der Waals surface area contributed by atoms with Gasteiger partial charge in [-0.05, 0) is 43.9 Å². The summed E-state index contributed by atoms with van der Waals surface area (Å²) < 4.78 is 0. The van der Waals surface area contributed by atoms with Crippen molar-refractivity contribution in [2.75, 3.05) is 0 Å². The van der Waals surface area contributed by atoms with Gasteiger partial charge in [0.25, 0.3) is 0 Å². The first-order valence-corrected chi connectivity index (χ1v) is 13.2. The minimum atomic E-state index is -0.826. The molecule has 1 aromatic rings. The Morgan fingerprint density at radius 3 is 2.40 bits per heavy atom. The first-order chi connectivity index (χ1) is 9.58. The molecule has 1 fully saturated rings. The molecule has 5 heteroatoms. The van der Waals surface area contributed by atoms with Crippen molar-refractivity contribution in [3.05, 3.63) is 28.8 Å². The summed E-state index contributed by atoms with van der Waals surface area (Å²) in [6.45, 7) is 3.98. The quantitative estimate of drug-likeness (QED) is 0.694. The zero-order chi connectivity index (χ0) is 15.0. The van der Waals surface area contributed by atoms with E-state index in [9.17, 15) is 5.11 Å². The van der Waals surface area contributed by atoms with E-state index >= 15 is 0 Å². The van der Waals surface area contributed by atoms with E-state index in [1.807, 2.05) is 32.2 Å². The Bertz CT molecular complexity index is 446. The van der Waals surface area contributed by atoms with Gasteiger partial charge in [0, 0.05) is 17.8 Å². The third kappa shape index (κ3) is 6.28. The van der Waals surface area contributed by atoms with Crippen LogP contribution in [0.3, 0.4) is 0 Å². The van der Waals surface area contributed by atoms with Crippen LogP contribution >= 0.6 is 17.0 Å². The molecule has 0 aromatic heterocycles. The molecule has 110 valence electrons. The summed E-state index contributed by atoms with van der Waals surface area (Å²) in [6, 6.07) is 4.45. The standard InChI is InChI=1S/C15H21NO.2ClH.Zr/c1-11-8-12(2)15(17)13(9-11)10-16-14-6-4-3-5-7-14;;;/h8-10,14,17H,3-7H2,1-2H3;2*1H;/q;;;+2/p-2. The molecule has 1 aromatic carbocycles. The van der Waals surface area contributed by atoms with E-state index < -0.39 is 20.8 Å². The first-order valence-electron chi connectivity index (χ1n) is 6.88. The molecule has 0 saturated heterocycles. The van der Waals surface area contributed by atoms with E-state index in [4.69, 9.17) is 17.0 Å². The molecule has 20 heavy (non-hydrogen) atoms. The van der Waals surface area contributed by atoms with Crippen LogP contribution < -0.4 is 0 Å². The van der Waals surface area contributed by atoms with Gasteiger partial charge in [-0.15, -0.1) is 0 Å². The van der Waals surface area contributed by atoms with Crippen LogP contribution in [-0.4, -0.2) is 17.4 Å². The monoisotopic (exact) mass is 391 g/mol. The fraction of sp³-hybridized carbons (Fsp3) is 0.533. The summed E-state index contributed by atoms with van der Waals surface area (Å²) in [5, 5.41) is 9.96. The predicted octanol–water partition coefficient (Wildman–Crippen LogP) is 5.14. The van der Waals surface area contributed by atoms with Gasteiger partial charge in [-0.3, -0.25) is 4.99 Å². The Morgan fingerprint density at radius 1 is 1.20 bits per heavy atom. The molecule has 0 aliphatic heterocycles. The Labute approximate surface area is 140 Å². The van der Waals surface area contributed by atoms with E-state index in [0.717, 1.165) is 11.1 Å². The average molecular weight is 393 g/mol. The fourth-order valence-electron chi connectivity index (χ4n) is 2.51. The second kappa shape index (κ2) is 9.98. The van der Waals surface area contributed by atoms with Gasteiger partial charge in [-0.25, -0.2) is 0 Å². The van der Waals surface area contributed by atoms with Gasteiger partial charge in [0.15, 0.2) is 0 Å². The second-order valence-electron chi connectivity index (χ2n) is 5.16. The predicted molar refractivity (Wildman–Crippen MR) is 83.8 cm³/mol. The van der Waals surface area contributed by atoms with Gasteiger partial charge < -0.3 is 5.11 Å². The molecular weight excluding hydrogens is 372 g/mol. The van der Waals surface area contributed by atoms with Crippen LogP contribution in [0.4, 0.5) is 0 Å². The van der Waals surface area contributed by atoms with Crippen molar-refractivity contribution in [3.8, 4) is 5.75 Å². The maximum atomic E-state index is 9.96. The van der Waals surface area contributed by atoms with Gasteiger partial charge in [-0.1, -0.05) is 25.3 Å². The van der Waals surface area contributed by atoms with Crippen LogP contribution in [0.15, 0.2) is 17.1 Å². The van der Waals surface area contributed by atoms with E-state index in [-0.39, 0.29) is 0 Å². The number of aromatic hydroxyl groups is 1. The maximum absolute atomic E-state index is 9.96. The number of nitrogens with zero attached hydrogens (tertiary/aromatic N) is 1. The Balaban J connectivity index is 0.000000612. The molecule has 1 aliphatic carbocycles. The SMILES string of the molecule is Cc1cc(C)c(O)c(C=NC2CCCCC2)c1.[Cl][Zr][Cl]. The van der Waals surface area contributed by atoms with Crippen LogP contribution in [0.2, 0.25) is 0 Å². The summed E-state index contributed by atoms with van der Waals surface area (Å²) in [7, 11) is 9.87. The van der Waals surface area contributed by atoms with Gasteiger partial charge >= 0.3 is 37.9 Å². The number of aliphatic imine (C=N–C) groups is 1. The van der Waals surface area contributed by atoms with E-state index in [1.54, 1.807) is 0 Å². The van der Waals surface area contributed by atoms with E-state index in [1.165, 1.54) is 37.7 Å². The molecular formula is C15H21Cl2NOZr. The van der Waals surface area contributed by atoms with Crippen molar-refractivity contribution in [1.82, 2.24) is 0 Å². The van der Waals surface area contributed by atoms with Crippen LogP contribution in [0, 0.1) is 13.8 Å². The van der Waals surface area contributed by atoms with Gasteiger partial charge in [0.05, 0.1) is 0 Å². The van der Waals surface area contributed by atoms with Crippen LogP contribution in [0.1, 0.15) is 48.8 Å². The van der Waals surface area contributed by atoms with Crippen molar-refractivity contribution in [2.45, 2.75) is 52.0 Å². The summed E-state index contributed by atoms with van der Waals surface area (Å²) in [4.78, 5) is 4.61. The number of phenolic OH excluding ortho intramolecular Hbond substituents is 1. The number of phenols is 1. The van der Waals surface area contributed by atoms with Crippen LogP contribution in [-0.2, 0) is 20.8 Å². The molecule has 1 aliphatic rings. The number of aryl methyl sites for hydroxylation is 2. The Hall–Kier alpha value is 0.153. The van der Waals surface area contributed by atoms with Crippen molar-refractivity contribution in [2.24, 2.45) is 4.99 Å². The molecule has 0 unspecified atom stereocenters. The van der Waals surface area contributed by atoms with Gasteiger partial charge in [0.1, 0.15) is 5.75 Å². The summed E-state index contributed by atoms with van der Waals surface area (Å²) >= 11 is -0.826. The summed E-state index contributed by atoms with van der Waals surface area (Å²) in [6.07, 6.45) is 8.18. The molecule has 0 radical (unpaired) electrons. The molecule has 2 nitrogen and oxygen atoms in total. The number of halogens is 2. The van der Waals surface area contributed by atoms with Gasteiger partial charge in [0.2, 0.25) is 0 Å². The van der Waals surface area contributed by atoms with E-state index in [0.29, 0.717) is 11.8 Å². The van der Waals surface area contributed by atoms with Crippen LogP contribution in [0.25, 0.3) is 0 Å². The third-order valence-corrected chi connectivity index (χ3v) is 3.47. The molecule has 0 atom stereocenters. The second-order valence-corrected chi connectivity index (χ2v) is 8.89. The molecule has 1 saturated carbocycles. The van der Waals surface area contributed by atoms with Crippen molar-refractivity contribution < 1.29 is 26.0 Å². The Kier molecular flexibility index (Phi) is 9.08. The normalized spacial score (nSPS) is 15.8. The van der Waals surface area contributed by atoms with E-state index in [2.05, 4.69) is 4.99 Å². The molecule has 0 spiro atoms. The molecule has 0 amide bonds. The first kappa shape index (κ1) is 18.2. The van der Waals surface area contributed by atoms with Crippen molar-refractivity contribution in [1.29, 1.82) is 0 Å². The fourth-order valence-corrected chi connectivity index (χ4v) is 2.51. The Morgan fingerprint density at radius 2 is 1.80 bits per heavy atom. The molecule has 2 rings (SSSR count). The molecule has 1 N–H and O–H groups in total. The number of benzene rings is 1. The minimum absolute atomic E-state index is 0.371. The topological polar surface area (TPSA) is 32.6 Å². The summed E-state index contributed by atoms with van der Waals surface area (Å²) in [5.74, 6) is 0.371. The zero-order valence-electron chi connectivity index (χ0n) is 12.0. The van der Waals surface area contributed by atoms with Crippen LogP contribution in [0.5, 0.6) is 5.75 Å². The number of rotatable bonds is 2. The molecule has 0 bridgehead atoms. The van der Waals surface area contributed by atoms with Crippen molar-refractivity contribution >= 4 is 23.2 Å². The van der Waals surface area contributed by atoms with Gasteiger partial charge in [-0.2, -0.15) is 0 Å². The van der Waals surface area contributed by atoms with Crippen molar-refractivity contribution in [3.63, 3.8) is 0 Å². The number of hydrogen-bond acceptors (Lipinski definition) is 2. The zero-order valence-corrected chi connectivity index (χ0v) is 16.0. The number of hydrogen-bond donors (Lipinski definition) is 1. The molecule has 0 heterocycles. The summed E-state index contributed by atoms with van der Waals surface area (Å²) in [5.41, 5.74) is 2.95.